The fraction of sp³-hybridized carbons (Fsp3) is 0.462. The maximum absolute atomic E-state index is 12.8. The number of hydrogen-bond acceptors (Lipinski definition) is 4. The first-order chi connectivity index (χ1) is 9.76. The third kappa shape index (κ3) is 6.07. The van der Waals surface area contributed by atoms with Crippen molar-refractivity contribution < 1.29 is 31.8 Å². The van der Waals surface area contributed by atoms with Crippen molar-refractivity contribution in [2.75, 3.05) is 6.61 Å². The van der Waals surface area contributed by atoms with E-state index in [1.165, 1.54) is 12.1 Å². The van der Waals surface area contributed by atoms with E-state index in [-0.39, 0.29) is 25.4 Å². The molecule has 0 aromatic heterocycles. The zero-order valence-corrected chi connectivity index (χ0v) is 12.4. The Morgan fingerprint density at radius 3 is 2.55 bits per heavy atom. The van der Waals surface area contributed by atoms with Gasteiger partial charge in [-0.1, -0.05) is 12.1 Å². The summed E-state index contributed by atoms with van der Waals surface area (Å²) >= 11 is 0. The molecule has 0 aliphatic carbocycles. The van der Waals surface area contributed by atoms with Crippen LogP contribution in [-0.4, -0.2) is 25.1 Å². The summed E-state index contributed by atoms with van der Waals surface area (Å²) in [4.78, 5) is 11.3. The third-order valence-electron chi connectivity index (χ3n) is 2.49. The molecular formula is C13H16ClF4NO3. The van der Waals surface area contributed by atoms with Crippen molar-refractivity contribution in [3.63, 3.8) is 0 Å². The molecule has 0 fully saturated rings. The van der Waals surface area contributed by atoms with E-state index in [9.17, 15) is 22.4 Å². The zero-order chi connectivity index (χ0) is 16.0. The molecule has 1 atom stereocenters. The average Bonchev–Trinajstić information content (AvgIpc) is 2.38. The molecule has 0 saturated carbocycles. The first-order valence-corrected chi connectivity index (χ1v) is 6.12. The van der Waals surface area contributed by atoms with Gasteiger partial charge < -0.3 is 15.2 Å². The van der Waals surface area contributed by atoms with E-state index in [2.05, 4.69) is 4.74 Å². The monoisotopic (exact) mass is 345 g/mol. The number of carbonyl (C=O) groups is 1. The average molecular weight is 346 g/mol. The molecule has 2 N–H and O–H groups in total. The van der Waals surface area contributed by atoms with Crippen LogP contribution in [0, 0.1) is 0 Å². The van der Waals surface area contributed by atoms with Gasteiger partial charge in [-0.05, 0) is 24.6 Å². The van der Waals surface area contributed by atoms with Crippen LogP contribution >= 0.6 is 12.4 Å². The molecule has 1 aromatic carbocycles. The molecule has 22 heavy (non-hydrogen) atoms. The minimum Gasteiger partial charge on any atom is -0.466 e. The smallest absolute Gasteiger partial charge is 0.461 e. The summed E-state index contributed by atoms with van der Waals surface area (Å²) in [5, 5.41) is 0. The Balaban J connectivity index is 0.00000441. The van der Waals surface area contributed by atoms with E-state index in [4.69, 9.17) is 10.5 Å². The Hall–Kier alpha value is -1.54. The summed E-state index contributed by atoms with van der Waals surface area (Å²) < 4.78 is 58.4. The number of nitrogens with two attached hydrogens (primary N) is 1. The topological polar surface area (TPSA) is 61.5 Å². The van der Waals surface area contributed by atoms with Gasteiger partial charge in [0.15, 0.2) is 0 Å². The van der Waals surface area contributed by atoms with Crippen molar-refractivity contribution in [1.82, 2.24) is 0 Å². The van der Waals surface area contributed by atoms with Crippen LogP contribution in [0.4, 0.5) is 17.6 Å². The summed E-state index contributed by atoms with van der Waals surface area (Å²) in [7, 11) is 0. The summed E-state index contributed by atoms with van der Waals surface area (Å²) in [6.07, 6.45) is -8.71. The van der Waals surface area contributed by atoms with E-state index in [1.54, 1.807) is 6.92 Å². The number of alkyl halides is 4. The van der Waals surface area contributed by atoms with Crippen molar-refractivity contribution in [1.29, 1.82) is 0 Å². The molecule has 9 heteroatoms. The van der Waals surface area contributed by atoms with Crippen LogP contribution in [0.3, 0.4) is 0 Å². The fourth-order valence-corrected chi connectivity index (χ4v) is 1.53. The van der Waals surface area contributed by atoms with Crippen LogP contribution in [0.5, 0.6) is 5.75 Å². The van der Waals surface area contributed by atoms with Gasteiger partial charge in [-0.15, -0.1) is 12.4 Å². The molecule has 0 heterocycles. The fourth-order valence-electron chi connectivity index (χ4n) is 1.53. The van der Waals surface area contributed by atoms with Crippen LogP contribution in [0.2, 0.25) is 0 Å². The van der Waals surface area contributed by atoms with Crippen LogP contribution < -0.4 is 10.5 Å². The second-order valence-corrected chi connectivity index (χ2v) is 4.15. The van der Waals surface area contributed by atoms with Crippen LogP contribution in [0.1, 0.15) is 24.9 Å². The molecule has 0 aliphatic rings. The van der Waals surface area contributed by atoms with Gasteiger partial charge >= 0.3 is 18.5 Å². The van der Waals surface area contributed by atoms with E-state index in [1.807, 2.05) is 0 Å². The van der Waals surface area contributed by atoms with E-state index in [0.717, 1.165) is 12.1 Å². The highest BCUT2D eigenvalue weighted by atomic mass is 35.5. The summed E-state index contributed by atoms with van der Waals surface area (Å²) in [6.45, 7) is 1.82. The van der Waals surface area contributed by atoms with Crippen LogP contribution in [0.25, 0.3) is 0 Å². The molecular weight excluding hydrogens is 330 g/mol. The van der Waals surface area contributed by atoms with Crippen molar-refractivity contribution in [3.05, 3.63) is 29.8 Å². The molecule has 0 aliphatic heterocycles. The van der Waals surface area contributed by atoms with E-state index < -0.39 is 30.3 Å². The highest BCUT2D eigenvalue weighted by molar-refractivity contribution is 5.85. The second-order valence-electron chi connectivity index (χ2n) is 4.15. The molecule has 1 aromatic rings. The molecule has 1 rings (SSSR count). The SMILES string of the molecule is CCOC(=O)C[C@@H](N)c1cccc(OC(F)(F)C(F)F)c1.Cl. The molecule has 0 spiro atoms. The Kier molecular flexibility index (Phi) is 8.18. The highest BCUT2D eigenvalue weighted by Crippen LogP contribution is 2.29. The maximum Gasteiger partial charge on any atom is 0.461 e. The zero-order valence-electron chi connectivity index (χ0n) is 11.6. The number of benzene rings is 1. The lowest BCUT2D eigenvalue weighted by molar-refractivity contribution is -0.253. The largest absolute Gasteiger partial charge is 0.466 e. The number of esters is 1. The van der Waals surface area contributed by atoms with Gasteiger partial charge in [-0.2, -0.15) is 17.6 Å². The number of carbonyl (C=O) groups excluding carboxylic acids is 1. The van der Waals surface area contributed by atoms with E-state index >= 15 is 0 Å². The first-order valence-electron chi connectivity index (χ1n) is 6.12. The van der Waals surface area contributed by atoms with Crippen molar-refractivity contribution in [2.45, 2.75) is 31.9 Å². The highest BCUT2D eigenvalue weighted by Gasteiger charge is 2.44. The van der Waals surface area contributed by atoms with Gasteiger partial charge in [0.1, 0.15) is 5.75 Å². The minimum atomic E-state index is -4.59. The minimum absolute atomic E-state index is 0. The lowest BCUT2D eigenvalue weighted by Gasteiger charge is -2.18. The van der Waals surface area contributed by atoms with Gasteiger partial charge in [0.2, 0.25) is 0 Å². The Bertz CT molecular complexity index is 488. The molecule has 0 saturated heterocycles. The van der Waals surface area contributed by atoms with Crippen molar-refractivity contribution in [2.24, 2.45) is 5.73 Å². The first kappa shape index (κ1) is 20.5. The van der Waals surface area contributed by atoms with Gasteiger partial charge in [-0.3, -0.25) is 4.79 Å². The predicted octanol–water partition coefficient (Wildman–Crippen LogP) is 3.30. The van der Waals surface area contributed by atoms with Crippen LogP contribution in [0.15, 0.2) is 24.3 Å². The Labute approximate surface area is 131 Å². The van der Waals surface area contributed by atoms with Gasteiger partial charge in [0.05, 0.1) is 13.0 Å². The second kappa shape index (κ2) is 8.79. The van der Waals surface area contributed by atoms with Gasteiger partial charge in [-0.25, -0.2) is 0 Å². The number of rotatable bonds is 7. The lowest BCUT2D eigenvalue weighted by Crippen LogP contribution is -2.33. The quantitative estimate of drug-likeness (QED) is 0.608. The van der Waals surface area contributed by atoms with Gasteiger partial charge in [0, 0.05) is 6.04 Å². The maximum atomic E-state index is 12.8. The molecule has 0 bridgehead atoms. The standard InChI is InChI=1S/C13H15F4NO3.ClH/c1-2-20-11(19)7-10(18)8-4-3-5-9(6-8)21-13(16,17)12(14)15;/h3-6,10,12H,2,7,18H2,1H3;1H/t10-;/m1./s1. The van der Waals surface area contributed by atoms with Crippen molar-refractivity contribution in [3.8, 4) is 5.75 Å². The molecule has 0 amide bonds. The lowest BCUT2D eigenvalue weighted by atomic mass is 10.0. The molecule has 0 unspecified atom stereocenters. The summed E-state index contributed by atoms with van der Waals surface area (Å²) in [6, 6.07) is 4.15. The molecule has 4 nitrogen and oxygen atoms in total. The molecule has 126 valence electrons. The number of ether oxygens (including phenoxy) is 2. The third-order valence-corrected chi connectivity index (χ3v) is 2.49. The number of halogens is 5. The summed E-state index contributed by atoms with van der Waals surface area (Å²) in [5.74, 6) is -1.01. The molecule has 0 radical (unpaired) electrons. The van der Waals surface area contributed by atoms with Gasteiger partial charge in [0.25, 0.3) is 0 Å². The normalized spacial score (nSPS) is 12.5. The number of hydrogen-bond donors (Lipinski definition) is 1. The Morgan fingerprint density at radius 2 is 2.00 bits per heavy atom. The van der Waals surface area contributed by atoms with E-state index in [0.29, 0.717) is 5.56 Å². The van der Waals surface area contributed by atoms with Crippen LogP contribution in [-0.2, 0) is 9.53 Å². The Morgan fingerprint density at radius 1 is 1.36 bits per heavy atom. The van der Waals surface area contributed by atoms with Crippen molar-refractivity contribution >= 4 is 18.4 Å². The summed E-state index contributed by atoms with van der Waals surface area (Å²) in [5.41, 5.74) is 6.02. The predicted molar refractivity (Wildman–Crippen MR) is 73.4 cm³/mol.